The second kappa shape index (κ2) is 10.2. The maximum atomic E-state index is 13.2. The molecule has 0 aliphatic heterocycles. The quantitative estimate of drug-likeness (QED) is 0.384. The number of anilines is 1. The Hall–Kier alpha value is -3.20. The van der Waals surface area contributed by atoms with Gasteiger partial charge in [0, 0.05) is 24.7 Å². The second-order valence-corrected chi connectivity index (χ2v) is 7.83. The van der Waals surface area contributed by atoms with Gasteiger partial charge in [0.15, 0.2) is 11.5 Å². The fourth-order valence-corrected chi connectivity index (χ4v) is 3.51. The number of rotatable bonds is 9. The summed E-state index contributed by atoms with van der Waals surface area (Å²) in [7, 11) is 3.00. The van der Waals surface area contributed by atoms with E-state index in [0.29, 0.717) is 34.8 Å². The number of alkyl halides is 3. The monoisotopic (exact) mass is 463 g/mol. The van der Waals surface area contributed by atoms with Crippen LogP contribution in [0, 0.1) is 6.92 Å². The molecule has 0 radical (unpaired) electrons. The number of hydrogen-bond acceptors (Lipinski definition) is 6. The highest BCUT2D eigenvalue weighted by atomic mass is 19.4. The standard InChI is InChI=1S/C24H28F3N3O3/c1-14-11-20(32-4)30-22-18(29-10-6-7-15(2)28)13-19(31-3)23(21(14)22)33-17-9-5-8-16(12-17)24(25,26)27/h5,8-9,11-13,15,29H,6-7,10,28H2,1-4H3. The molecule has 1 aromatic heterocycles. The lowest BCUT2D eigenvalue weighted by atomic mass is 10.1. The minimum Gasteiger partial charge on any atom is -0.493 e. The molecule has 9 heteroatoms. The lowest BCUT2D eigenvalue weighted by Crippen LogP contribution is -2.16. The van der Waals surface area contributed by atoms with Gasteiger partial charge >= 0.3 is 6.18 Å². The van der Waals surface area contributed by atoms with Crippen LogP contribution in [0.1, 0.15) is 30.9 Å². The van der Waals surface area contributed by atoms with E-state index in [2.05, 4.69) is 10.3 Å². The molecule has 1 heterocycles. The van der Waals surface area contributed by atoms with Gasteiger partial charge in [-0.05, 0) is 50.5 Å². The van der Waals surface area contributed by atoms with E-state index >= 15 is 0 Å². The van der Waals surface area contributed by atoms with Gasteiger partial charge in [-0.2, -0.15) is 13.2 Å². The van der Waals surface area contributed by atoms with Crippen molar-refractivity contribution in [2.45, 2.75) is 38.9 Å². The molecular formula is C24H28F3N3O3. The molecule has 0 spiro atoms. The molecule has 0 aliphatic rings. The summed E-state index contributed by atoms with van der Waals surface area (Å²) >= 11 is 0. The third-order valence-electron chi connectivity index (χ3n) is 5.14. The number of aryl methyl sites for hydroxylation is 1. The van der Waals surface area contributed by atoms with Gasteiger partial charge in [-0.3, -0.25) is 0 Å². The van der Waals surface area contributed by atoms with Gasteiger partial charge < -0.3 is 25.3 Å². The van der Waals surface area contributed by atoms with Crippen LogP contribution in [0.5, 0.6) is 23.1 Å². The molecule has 1 unspecified atom stereocenters. The van der Waals surface area contributed by atoms with Gasteiger partial charge in [0.2, 0.25) is 5.88 Å². The van der Waals surface area contributed by atoms with Crippen LogP contribution in [-0.4, -0.2) is 31.8 Å². The van der Waals surface area contributed by atoms with E-state index in [1.54, 1.807) is 12.1 Å². The van der Waals surface area contributed by atoms with Gasteiger partial charge in [-0.15, -0.1) is 0 Å². The molecule has 3 N–H and O–H groups in total. The van der Waals surface area contributed by atoms with E-state index < -0.39 is 11.7 Å². The van der Waals surface area contributed by atoms with Crippen LogP contribution in [-0.2, 0) is 6.18 Å². The molecule has 0 bridgehead atoms. The summed E-state index contributed by atoms with van der Waals surface area (Å²) in [5.74, 6) is 1.09. The Labute approximate surface area is 190 Å². The number of halogens is 3. The summed E-state index contributed by atoms with van der Waals surface area (Å²) in [6.07, 6.45) is -2.77. The largest absolute Gasteiger partial charge is 0.493 e. The highest BCUT2D eigenvalue weighted by Gasteiger charge is 2.31. The van der Waals surface area contributed by atoms with Crippen LogP contribution in [0.4, 0.5) is 18.9 Å². The van der Waals surface area contributed by atoms with Crippen LogP contribution in [0.15, 0.2) is 36.4 Å². The Balaban J connectivity index is 2.10. The van der Waals surface area contributed by atoms with E-state index in [1.807, 2.05) is 13.8 Å². The highest BCUT2D eigenvalue weighted by Crippen LogP contribution is 2.44. The van der Waals surface area contributed by atoms with E-state index in [1.165, 1.54) is 26.4 Å². The first kappa shape index (κ1) is 24.4. The van der Waals surface area contributed by atoms with Crippen molar-refractivity contribution >= 4 is 16.6 Å². The lowest BCUT2D eigenvalue weighted by Gasteiger charge is -2.19. The van der Waals surface area contributed by atoms with Crippen LogP contribution >= 0.6 is 0 Å². The van der Waals surface area contributed by atoms with Crippen LogP contribution in [0.2, 0.25) is 0 Å². The number of nitrogens with zero attached hydrogens (tertiary/aromatic N) is 1. The van der Waals surface area contributed by atoms with Crippen molar-refractivity contribution in [1.29, 1.82) is 0 Å². The molecule has 33 heavy (non-hydrogen) atoms. The van der Waals surface area contributed by atoms with Crippen molar-refractivity contribution in [1.82, 2.24) is 4.98 Å². The zero-order valence-electron chi connectivity index (χ0n) is 19.0. The molecule has 3 rings (SSSR count). The van der Waals surface area contributed by atoms with Crippen molar-refractivity contribution in [2.75, 3.05) is 26.1 Å². The minimum atomic E-state index is -4.48. The molecule has 2 aromatic carbocycles. The van der Waals surface area contributed by atoms with Gasteiger partial charge in [-0.25, -0.2) is 4.98 Å². The first-order valence-corrected chi connectivity index (χ1v) is 10.5. The molecular weight excluding hydrogens is 435 g/mol. The van der Waals surface area contributed by atoms with Crippen molar-refractivity contribution in [3.8, 4) is 23.1 Å². The number of pyridine rings is 1. The maximum Gasteiger partial charge on any atom is 0.416 e. The van der Waals surface area contributed by atoms with E-state index in [9.17, 15) is 13.2 Å². The number of nitrogens with two attached hydrogens (primary N) is 1. The van der Waals surface area contributed by atoms with Crippen molar-refractivity contribution in [3.05, 3.63) is 47.5 Å². The van der Waals surface area contributed by atoms with Crippen LogP contribution in [0.25, 0.3) is 10.9 Å². The van der Waals surface area contributed by atoms with E-state index in [4.69, 9.17) is 19.9 Å². The molecule has 3 aromatic rings. The number of nitrogens with one attached hydrogen (secondary N) is 1. The van der Waals surface area contributed by atoms with Crippen LogP contribution < -0.4 is 25.3 Å². The number of aromatic nitrogens is 1. The topological polar surface area (TPSA) is 78.6 Å². The number of hydrogen-bond donors (Lipinski definition) is 2. The Kier molecular flexibility index (Phi) is 7.53. The van der Waals surface area contributed by atoms with Gasteiger partial charge in [0.1, 0.15) is 11.3 Å². The molecule has 0 amide bonds. The smallest absolute Gasteiger partial charge is 0.416 e. The molecule has 0 fully saturated rings. The predicted octanol–water partition coefficient (Wildman–Crippen LogP) is 5.91. The number of ether oxygens (including phenoxy) is 3. The average molecular weight is 464 g/mol. The summed E-state index contributed by atoms with van der Waals surface area (Å²) in [5, 5.41) is 3.97. The molecule has 6 nitrogen and oxygen atoms in total. The minimum absolute atomic E-state index is 0.0392. The third-order valence-corrected chi connectivity index (χ3v) is 5.14. The molecule has 0 saturated carbocycles. The third kappa shape index (κ3) is 5.78. The van der Waals surface area contributed by atoms with E-state index in [-0.39, 0.29) is 17.5 Å². The SMILES string of the molecule is COc1cc(C)c2c(Oc3cccc(C(F)(F)F)c3)c(OC)cc(NCCCC(C)N)c2n1. The van der Waals surface area contributed by atoms with Crippen molar-refractivity contribution in [2.24, 2.45) is 5.73 Å². The number of benzene rings is 2. The average Bonchev–Trinajstić information content (AvgIpc) is 2.76. The molecule has 178 valence electrons. The zero-order chi connectivity index (χ0) is 24.2. The van der Waals surface area contributed by atoms with Crippen molar-refractivity contribution in [3.63, 3.8) is 0 Å². The van der Waals surface area contributed by atoms with Gasteiger partial charge in [0.05, 0.1) is 30.9 Å². The fraction of sp³-hybridized carbons (Fsp3) is 0.375. The van der Waals surface area contributed by atoms with Gasteiger partial charge in [-0.1, -0.05) is 6.07 Å². The van der Waals surface area contributed by atoms with Crippen LogP contribution in [0.3, 0.4) is 0 Å². The highest BCUT2D eigenvalue weighted by molar-refractivity contribution is 6.00. The summed E-state index contributed by atoms with van der Waals surface area (Å²) in [5.41, 5.74) is 7.07. The normalized spacial score (nSPS) is 12.5. The summed E-state index contributed by atoms with van der Waals surface area (Å²) in [6, 6.07) is 8.28. The lowest BCUT2D eigenvalue weighted by molar-refractivity contribution is -0.137. The number of fused-ring (bicyclic) bond motifs is 1. The first-order chi connectivity index (χ1) is 15.6. The Morgan fingerprint density at radius 1 is 1.12 bits per heavy atom. The first-order valence-electron chi connectivity index (χ1n) is 10.5. The maximum absolute atomic E-state index is 13.2. The summed E-state index contributed by atoms with van der Waals surface area (Å²) < 4.78 is 56.4. The van der Waals surface area contributed by atoms with Gasteiger partial charge in [0.25, 0.3) is 0 Å². The molecule has 0 saturated heterocycles. The summed E-state index contributed by atoms with van der Waals surface area (Å²) in [6.45, 7) is 4.46. The Morgan fingerprint density at radius 2 is 1.88 bits per heavy atom. The predicted molar refractivity (Wildman–Crippen MR) is 122 cm³/mol. The number of methoxy groups -OCH3 is 2. The van der Waals surface area contributed by atoms with E-state index in [0.717, 1.165) is 30.5 Å². The zero-order valence-corrected chi connectivity index (χ0v) is 19.0. The van der Waals surface area contributed by atoms with Crippen molar-refractivity contribution < 1.29 is 27.4 Å². The second-order valence-electron chi connectivity index (χ2n) is 7.83. The molecule has 1 atom stereocenters. The Morgan fingerprint density at radius 3 is 2.52 bits per heavy atom. The Bertz CT molecular complexity index is 1120. The summed E-state index contributed by atoms with van der Waals surface area (Å²) in [4.78, 5) is 4.58. The molecule has 0 aliphatic carbocycles. The fourth-order valence-electron chi connectivity index (χ4n) is 3.51.